The van der Waals surface area contributed by atoms with E-state index in [4.69, 9.17) is 9.47 Å². The first kappa shape index (κ1) is 16.1. The van der Waals surface area contributed by atoms with Gasteiger partial charge >= 0.3 is 5.97 Å². The lowest BCUT2D eigenvalue weighted by Crippen LogP contribution is -2.26. The van der Waals surface area contributed by atoms with Crippen molar-refractivity contribution in [1.29, 1.82) is 0 Å². The molecule has 3 rings (SSSR count). The minimum atomic E-state index is -0.967. The highest BCUT2D eigenvalue weighted by molar-refractivity contribution is 5.96. The van der Waals surface area contributed by atoms with Crippen LogP contribution >= 0.6 is 0 Å². The first-order valence-electron chi connectivity index (χ1n) is 7.88. The van der Waals surface area contributed by atoms with Crippen LogP contribution in [0.15, 0.2) is 54.6 Å². The van der Waals surface area contributed by atoms with Crippen molar-refractivity contribution < 1.29 is 19.1 Å². The molecule has 2 aromatic carbocycles. The highest BCUT2D eigenvalue weighted by atomic mass is 16.5. The van der Waals surface area contributed by atoms with E-state index >= 15 is 0 Å². The lowest BCUT2D eigenvalue weighted by atomic mass is 10.1. The fourth-order valence-electron chi connectivity index (χ4n) is 2.34. The van der Waals surface area contributed by atoms with Crippen LogP contribution in [0.1, 0.15) is 24.5 Å². The molecule has 124 valence electrons. The summed E-state index contributed by atoms with van der Waals surface area (Å²) in [5.74, 6) is -0.132. The van der Waals surface area contributed by atoms with E-state index in [1.54, 1.807) is 43.5 Å². The van der Waals surface area contributed by atoms with Gasteiger partial charge in [-0.25, -0.2) is 0 Å². The summed E-state index contributed by atoms with van der Waals surface area (Å²) in [4.78, 5) is 24.7. The van der Waals surface area contributed by atoms with Crippen LogP contribution in [0.5, 0.6) is 5.75 Å². The van der Waals surface area contributed by atoms with Gasteiger partial charge in [0.2, 0.25) is 6.10 Å². The van der Waals surface area contributed by atoms with Crippen molar-refractivity contribution in [3.8, 4) is 5.75 Å². The van der Waals surface area contributed by atoms with Gasteiger partial charge in [0.15, 0.2) is 0 Å². The Balaban J connectivity index is 1.78. The molecule has 1 atom stereocenters. The second kappa shape index (κ2) is 7.17. The maximum Gasteiger partial charge on any atom is 0.310 e. The van der Waals surface area contributed by atoms with Crippen LogP contribution in [-0.2, 0) is 14.3 Å². The number of rotatable bonds is 6. The lowest BCUT2D eigenvalue weighted by Gasteiger charge is -2.18. The van der Waals surface area contributed by atoms with Crippen molar-refractivity contribution in [1.82, 2.24) is 0 Å². The van der Waals surface area contributed by atoms with E-state index < -0.39 is 6.10 Å². The smallest absolute Gasteiger partial charge is 0.310 e. The first-order chi connectivity index (χ1) is 11.7. The van der Waals surface area contributed by atoms with Crippen LogP contribution in [0.25, 0.3) is 0 Å². The number of carbonyl (C=O) groups excluding carboxylic acids is 2. The topological polar surface area (TPSA) is 64.6 Å². The molecule has 0 aromatic heterocycles. The van der Waals surface area contributed by atoms with Gasteiger partial charge in [0.1, 0.15) is 5.75 Å². The summed E-state index contributed by atoms with van der Waals surface area (Å²) in [5.41, 5.74) is 1.23. The minimum Gasteiger partial charge on any atom is -0.497 e. The van der Waals surface area contributed by atoms with Crippen molar-refractivity contribution in [2.24, 2.45) is 5.92 Å². The molecule has 0 aliphatic heterocycles. The molecule has 24 heavy (non-hydrogen) atoms. The van der Waals surface area contributed by atoms with Crippen molar-refractivity contribution >= 4 is 17.6 Å². The van der Waals surface area contributed by atoms with E-state index in [9.17, 15) is 9.59 Å². The third-order valence-corrected chi connectivity index (χ3v) is 3.82. The number of amides is 1. The van der Waals surface area contributed by atoms with Gasteiger partial charge in [-0.15, -0.1) is 0 Å². The van der Waals surface area contributed by atoms with Crippen LogP contribution in [0.4, 0.5) is 5.69 Å². The highest BCUT2D eigenvalue weighted by Crippen LogP contribution is 2.33. The molecular formula is C19H19NO4. The Hall–Kier alpha value is -2.82. The Morgan fingerprint density at radius 1 is 1.08 bits per heavy atom. The van der Waals surface area contributed by atoms with Gasteiger partial charge < -0.3 is 14.8 Å². The summed E-state index contributed by atoms with van der Waals surface area (Å²) >= 11 is 0. The summed E-state index contributed by atoms with van der Waals surface area (Å²) in [6, 6.07) is 16.1. The molecule has 0 saturated heterocycles. The number of carbonyl (C=O) groups is 2. The van der Waals surface area contributed by atoms with Gasteiger partial charge in [-0.05, 0) is 25.0 Å². The zero-order valence-electron chi connectivity index (χ0n) is 13.4. The Labute approximate surface area is 140 Å². The molecular weight excluding hydrogens is 306 g/mol. The predicted molar refractivity (Wildman–Crippen MR) is 89.6 cm³/mol. The molecule has 1 N–H and O–H groups in total. The van der Waals surface area contributed by atoms with Crippen LogP contribution in [-0.4, -0.2) is 19.0 Å². The molecule has 1 aliphatic rings. The normalized spacial score (nSPS) is 14.5. The van der Waals surface area contributed by atoms with Crippen LogP contribution in [0, 0.1) is 5.92 Å². The molecule has 1 saturated carbocycles. The predicted octanol–water partition coefficient (Wildman–Crippen LogP) is 3.33. The molecule has 1 amide bonds. The number of hydrogen-bond acceptors (Lipinski definition) is 4. The average Bonchev–Trinajstić information content (AvgIpc) is 3.45. The third-order valence-electron chi connectivity index (χ3n) is 3.82. The van der Waals surface area contributed by atoms with Crippen LogP contribution in [0.2, 0.25) is 0 Å². The van der Waals surface area contributed by atoms with Crippen molar-refractivity contribution in [3.05, 3.63) is 60.2 Å². The summed E-state index contributed by atoms with van der Waals surface area (Å²) in [6.07, 6.45) is 0.695. The maximum atomic E-state index is 12.7. The molecule has 0 radical (unpaired) electrons. The quantitative estimate of drug-likeness (QED) is 0.828. The average molecular weight is 325 g/mol. The molecule has 0 spiro atoms. The Morgan fingerprint density at radius 3 is 2.50 bits per heavy atom. The third kappa shape index (κ3) is 3.93. The lowest BCUT2D eigenvalue weighted by molar-refractivity contribution is -0.156. The standard InChI is InChI=1S/C19H19NO4/c1-23-16-9-5-8-15(12-16)20-18(21)17(13-6-3-2-4-7-13)24-19(22)14-10-11-14/h2-9,12,14,17H,10-11H2,1H3,(H,20,21)/t17-/m0/s1. The van der Waals surface area contributed by atoms with E-state index in [-0.39, 0.29) is 17.8 Å². The van der Waals surface area contributed by atoms with Gasteiger partial charge in [-0.2, -0.15) is 0 Å². The van der Waals surface area contributed by atoms with Gasteiger partial charge in [0.05, 0.1) is 13.0 Å². The van der Waals surface area contributed by atoms with Gasteiger partial charge in [-0.3, -0.25) is 9.59 Å². The molecule has 0 unspecified atom stereocenters. The second-order valence-electron chi connectivity index (χ2n) is 5.72. The Bertz CT molecular complexity index is 725. The molecule has 5 nitrogen and oxygen atoms in total. The van der Waals surface area contributed by atoms with E-state index in [0.717, 1.165) is 12.8 Å². The summed E-state index contributed by atoms with van der Waals surface area (Å²) in [6.45, 7) is 0. The maximum absolute atomic E-state index is 12.7. The largest absolute Gasteiger partial charge is 0.497 e. The van der Waals surface area contributed by atoms with Gasteiger partial charge in [0, 0.05) is 17.3 Å². The number of benzene rings is 2. The summed E-state index contributed by atoms with van der Waals surface area (Å²) in [5, 5.41) is 2.78. The minimum absolute atomic E-state index is 0.0687. The number of methoxy groups -OCH3 is 1. The Morgan fingerprint density at radius 2 is 1.83 bits per heavy atom. The molecule has 5 heteroatoms. The summed E-state index contributed by atoms with van der Waals surface area (Å²) < 4.78 is 10.6. The Kier molecular flexibility index (Phi) is 4.79. The number of esters is 1. The summed E-state index contributed by atoms with van der Waals surface area (Å²) in [7, 11) is 1.56. The number of hydrogen-bond donors (Lipinski definition) is 1. The van der Waals surface area contributed by atoms with Crippen LogP contribution < -0.4 is 10.1 Å². The van der Waals surface area contributed by atoms with E-state index in [1.165, 1.54) is 0 Å². The van der Waals surface area contributed by atoms with Gasteiger partial charge in [-0.1, -0.05) is 36.4 Å². The van der Waals surface area contributed by atoms with Crippen molar-refractivity contribution in [3.63, 3.8) is 0 Å². The molecule has 0 bridgehead atoms. The van der Waals surface area contributed by atoms with E-state index in [2.05, 4.69) is 5.32 Å². The number of ether oxygens (including phenoxy) is 2. The van der Waals surface area contributed by atoms with E-state index in [0.29, 0.717) is 17.0 Å². The van der Waals surface area contributed by atoms with Gasteiger partial charge in [0.25, 0.3) is 5.91 Å². The zero-order chi connectivity index (χ0) is 16.9. The van der Waals surface area contributed by atoms with Crippen LogP contribution in [0.3, 0.4) is 0 Å². The molecule has 0 heterocycles. The number of anilines is 1. The fourth-order valence-corrected chi connectivity index (χ4v) is 2.34. The SMILES string of the molecule is COc1cccc(NC(=O)[C@@H](OC(=O)C2CC2)c2ccccc2)c1. The zero-order valence-corrected chi connectivity index (χ0v) is 13.4. The molecule has 1 aliphatic carbocycles. The molecule has 1 fully saturated rings. The monoisotopic (exact) mass is 325 g/mol. The van der Waals surface area contributed by atoms with Crippen molar-refractivity contribution in [2.75, 3.05) is 12.4 Å². The first-order valence-corrected chi connectivity index (χ1v) is 7.88. The number of nitrogens with one attached hydrogen (secondary N) is 1. The molecule has 2 aromatic rings. The highest BCUT2D eigenvalue weighted by Gasteiger charge is 2.35. The van der Waals surface area contributed by atoms with Crippen molar-refractivity contribution in [2.45, 2.75) is 18.9 Å². The van der Waals surface area contributed by atoms with E-state index in [1.807, 2.05) is 18.2 Å². The second-order valence-corrected chi connectivity index (χ2v) is 5.72. The fraction of sp³-hybridized carbons (Fsp3) is 0.263.